The molecule has 1 fully saturated rings. The van der Waals surface area contributed by atoms with Crippen molar-refractivity contribution in [1.29, 1.82) is 0 Å². The van der Waals surface area contributed by atoms with Crippen LogP contribution in [0.25, 0.3) is 0 Å². The maximum absolute atomic E-state index is 11.4. The number of halogens is 1. The van der Waals surface area contributed by atoms with Gasteiger partial charge in [-0.3, -0.25) is 10.1 Å². The number of alkyl carbamates (subject to hydrolysis) is 1. The van der Waals surface area contributed by atoms with Gasteiger partial charge in [-0.15, -0.1) is 0 Å². The first-order valence-corrected chi connectivity index (χ1v) is 7.33. The Morgan fingerprint density at radius 3 is 2.89 bits per heavy atom. The van der Waals surface area contributed by atoms with Crippen molar-refractivity contribution in [3.63, 3.8) is 0 Å². The summed E-state index contributed by atoms with van der Waals surface area (Å²) in [5.74, 6) is -0.368. The van der Waals surface area contributed by atoms with Crippen LogP contribution in [0.1, 0.15) is 46.0 Å². The molecule has 0 saturated carbocycles. The summed E-state index contributed by atoms with van der Waals surface area (Å²) in [6.07, 6.45) is 3.57. The van der Waals surface area contributed by atoms with Gasteiger partial charge in [-0.25, -0.2) is 4.79 Å². The van der Waals surface area contributed by atoms with Crippen LogP contribution in [-0.2, 0) is 14.3 Å². The Bertz CT molecular complexity index is 368. The van der Waals surface area contributed by atoms with Gasteiger partial charge in [0.05, 0.1) is 12.3 Å². The topological polar surface area (TPSA) is 64.6 Å². The normalized spacial score (nSPS) is 22.1. The largest absolute Gasteiger partial charge is 0.456 e. The molecule has 0 radical (unpaired) electrons. The minimum atomic E-state index is -0.503. The number of amides is 1. The number of carbonyl (C=O) groups is 2. The van der Waals surface area contributed by atoms with E-state index in [0.717, 1.165) is 30.2 Å². The molecule has 0 aromatic heterocycles. The molecule has 0 aromatic rings. The van der Waals surface area contributed by atoms with E-state index in [0.29, 0.717) is 12.1 Å². The van der Waals surface area contributed by atoms with Crippen molar-refractivity contribution in [2.75, 3.05) is 6.61 Å². The molecule has 1 rings (SSSR count). The van der Waals surface area contributed by atoms with E-state index in [9.17, 15) is 9.59 Å². The molecule has 1 amide bonds. The second kappa shape index (κ2) is 8.19. The van der Waals surface area contributed by atoms with E-state index in [4.69, 9.17) is 9.47 Å². The third kappa shape index (κ3) is 5.63. The van der Waals surface area contributed by atoms with E-state index in [1.54, 1.807) is 0 Å². The number of nitrogens with one attached hydrogen (secondary N) is 1. The third-order valence-corrected chi connectivity index (χ3v) is 3.60. The first-order chi connectivity index (χ1) is 9.04. The van der Waals surface area contributed by atoms with E-state index in [-0.39, 0.29) is 12.6 Å². The van der Waals surface area contributed by atoms with Gasteiger partial charge in [0.1, 0.15) is 6.10 Å². The lowest BCUT2D eigenvalue weighted by Gasteiger charge is -2.18. The molecule has 108 valence electrons. The highest BCUT2D eigenvalue weighted by Gasteiger charge is 2.26. The maximum Gasteiger partial charge on any atom is 0.411 e. The minimum absolute atomic E-state index is 0.239. The van der Waals surface area contributed by atoms with Crippen LogP contribution >= 0.6 is 15.9 Å². The molecule has 5 nitrogen and oxygen atoms in total. The van der Waals surface area contributed by atoms with Crippen LogP contribution in [0.2, 0.25) is 0 Å². The Morgan fingerprint density at radius 1 is 1.53 bits per heavy atom. The molecule has 1 unspecified atom stereocenters. The summed E-state index contributed by atoms with van der Waals surface area (Å²) in [6.45, 7) is 3.72. The lowest BCUT2D eigenvalue weighted by Crippen LogP contribution is -2.29. The van der Waals surface area contributed by atoms with E-state index in [1.165, 1.54) is 6.92 Å². The molecule has 1 aliphatic rings. The highest BCUT2D eigenvalue weighted by molar-refractivity contribution is 9.11. The zero-order chi connectivity index (χ0) is 14.3. The van der Waals surface area contributed by atoms with Crippen LogP contribution in [0.4, 0.5) is 4.79 Å². The number of esters is 1. The SMILES string of the molecule is CCCCC/C(Br)=C1\NC(=O)OCCC1OC(C)=O. The fourth-order valence-electron chi connectivity index (χ4n) is 1.86. The van der Waals surface area contributed by atoms with Gasteiger partial charge in [-0.2, -0.15) is 0 Å². The van der Waals surface area contributed by atoms with Crippen molar-refractivity contribution < 1.29 is 19.1 Å². The van der Waals surface area contributed by atoms with Crippen LogP contribution in [0.3, 0.4) is 0 Å². The Labute approximate surface area is 121 Å². The number of carbonyl (C=O) groups excluding carboxylic acids is 2. The predicted octanol–water partition coefficient (Wildman–Crippen LogP) is 3.23. The van der Waals surface area contributed by atoms with E-state index in [2.05, 4.69) is 28.2 Å². The minimum Gasteiger partial charge on any atom is -0.456 e. The zero-order valence-electron chi connectivity index (χ0n) is 11.3. The molecule has 0 aliphatic carbocycles. The molecule has 1 saturated heterocycles. The van der Waals surface area contributed by atoms with E-state index >= 15 is 0 Å². The summed E-state index contributed by atoms with van der Waals surface area (Å²) in [5.41, 5.74) is 0.605. The summed E-state index contributed by atoms with van der Waals surface area (Å²) in [4.78, 5) is 22.6. The average Bonchev–Trinajstić information content (AvgIpc) is 2.51. The Balaban J connectivity index is 2.81. The highest BCUT2D eigenvalue weighted by atomic mass is 79.9. The van der Waals surface area contributed by atoms with Crippen LogP contribution < -0.4 is 5.32 Å². The summed E-state index contributed by atoms with van der Waals surface area (Å²) in [5, 5.41) is 2.66. The highest BCUT2D eigenvalue weighted by Crippen LogP contribution is 2.25. The number of cyclic esters (lactones) is 1. The maximum atomic E-state index is 11.4. The lowest BCUT2D eigenvalue weighted by molar-refractivity contribution is -0.145. The molecule has 19 heavy (non-hydrogen) atoms. The lowest BCUT2D eigenvalue weighted by atomic mass is 10.1. The van der Waals surface area contributed by atoms with E-state index < -0.39 is 12.2 Å². The Hall–Kier alpha value is -1.04. The average molecular weight is 334 g/mol. The van der Waals surface area contributed by atoms with Gasteiger partial charge in [-0.1, -0.05) is 35.7 Å². The van der Waals surface area contributed by atoms with Crippen LogP contribution in [0.5, 0.6) is 0 Å². The summed E-state index contributed by atoms with van der Waals surface area (Å²) >= 11 is 3.48. The smallest absolute Gasteiger partial charge is 0.411 e. The van der Waals surface area contributed by atoms with Gasteiger partial charge in [-0.05, 0) is 12.8 Å². The van der Waals surface area contributed by atoms with Gasteiger partial charge in [0.15, 0.2) is 0 Å². The number of hydrogen-bond donors (Lipinski definition) is 1. The predicted molar refractivity (Wildman–Crippen MR) is 74.7 cm³/mol. The van der Waals surface area contributed by atoms with Gasteiger partial charge < -0.3 is 9.47 Å². The molecule has 1 N–H and O–H groups in total. The molecule has 0 aromatic carbocycles. The molecule has 1 atom stereocenters. The molecular weight excluding hydrogens is 314 g/mol. The fourth-order valence-corrected chi connectivity index (χ4v) is 2.49. The van der Waals surface area contributed by atoms with Crippen molar-refractivity contribution in [3.8, 4) is 0 Å². The molecular formula is C13H20BrNO4. The van der Waals surface area contributed by atoms with Crippen molar-refractivity contribution in [2.24, 2.45) is 0 Å². The van der Waals surface area contributed by atoms with Crippen LogP contribution in [-0.4, -0.2) is 24.8 Å². The number of allylic oxidation sites excluding steroid dienone is 1. The monoisotopic (exact) mass is 333 g/mol. The number of ether oxygens (including phenoxy) is 2. The van der Waals surface area contributed by atoms with Gasteiger partial charge >= 0.3 is 12.1 Å². The zero-order valence-corrected chi connectivity index (χ0v) is 12.9. The summed E-state index contributed by atoms with van der Waals surface area (Å²) < 4.78 is 11.0. The molecule has 0 bridgehead atoms. The van der Waals surface area contributed by atoms with Gasteiger partial charge in [0.2, 0.25) is 0 Å². The van der Waals surface area contributed by atoms with Crippen molar-refractivity contribution in [2.45, 2.75) is 52.1 Å². The Morgan fingerprint density at radius 2 is 2.26 bits per heavy atom. The number of rotatable bonds is 5. The van der Waals surface area contributed by atoms with Gasteiger partial charge in [0, 0.05) is 17.8 Å². The third-order valence-electron chi connectivity index (χ3n) is 2.77. The first-order valence-electron chi connectivity index (χ1n) is 6.54. The van der Waals surface area contributed by atoms with E-state index in [1.807, 2.05) is 0 Å². The second-order valence-corrected chi connectivity index (χ2v) is 5.38. The summed E-state index contributed by atoms with van der Waals surface area (Å²) in [6, 6.07) is 0. The molecule has 0 spiro atoms. The molecule has 1 heterocycles. The summed E-state index contributed by atoms with van der Waals surface area (Å²) in [7, 11) is 0. The van der Waals surface area contributed by atoms with Crippen LogP contribution in [0, 0.1) is 0 Å². The van der Waals surface area contributed by atoms with Crippen LogP contribution in [0.15, 0.2) is 10.2 Å². The van der Waals surface area contributed by atoms with Crippen molar-refractivity contribution >= 4 is 28.0 Å². The second-order valence-electron chi connectivity index (χ2n) is 4.42. The molecule has 1 aliphatic heterocycles. The fraction of sp³-hybridized carbons (Fsp3) is 0.692. The standard InChI is InChI=1S/C13H20BrNO4/c1-3-4-5-6-10(14)12-11(19-9(2)16)7-8-18-13(17)15-12/h11H,3-8H2,1-2H3,(H,15,17)/b12-10+. The first kappa shape index (κ1) is 16.0. The van der Waals surface area contributed by atoms with Crippen molar-refractivity contribution in [1.82, 2.24) is 5.32 Å². The quantitative estimate of drug-likeness (QED) is 0.619. The van der Waals surface area contributed by atoms with Gasteiger partial charge in [0.25, 0.3) is 0 Å². The number of unbranched alkanes of at least 4 members (excludes halogenated alkanes) is 2. The van der Waals surface area contributed by atoms with Crippen molar-refractivity contribution in [3.05, 3.63) is 10.2 Å². The molecule has 6 heteroatoms. The Kier molecular flexibility index (Phi) is 6.91. The number of hydrogen-bond acceptors (Lipinski definition) is 4.